The second-order valence-corrected chi connectivity index (χ2v) is 8.56. The lowest BCUT2D eigenvalue weighted by molar-refractivity contribution is -0.133. The van der Waals surface area contributed by atoms with E-state index < -0.39 is 0 Å². The monoisotopic (exact) mass is 404 g/mol. The van der Waals surface area contributed by atoms with E-state index in [4.69, 9.17) is 0 Å². The highest BCUT2D eigenvalue weighted by Gasteiger charge is 2.26. The minimum Gasteiger partial charge on any atom is -0.342 e. The Balaban J connectivity index is 1.27. The second-order valence-electron chi connectivity index (χ2n) is 8.56. The summed E-state index contributed by atoms with van der Waals surface area (Å²) in [4.78, 5) is 25.2. The molecule has 0 bridgehead atoms. The standard InChI is InChI=1S/C25H32N4O/c1-19-7-5-8-20(17-19)14-16-28(2)21-9-6-15-29(18-21)25(30)13-12-24-26-22-10-3-4-11-23(22)27-24/h3-5,7-8,10-11,17,21H,6,9,12-16,18H2,1-2H3,(H,26,27). The number of likely N-dealkylation sites (tertiary alicyclic amines) is 1. The van der Waals surface area contributed by atoms with Crippen LogP contribution in [-0.4, -0.2) is 58.4 Å². The van der Waals surface area contributed by atoms with E-state index >= 15 is 0 Å². The fraction of sp³-hybridized carbons (Fsp3) is 0.440. The average molecular weight is 405 g/mol. The molecular weight excluding hydrogens is 372 g/mol. The summed E-state index contributed by atoms with van der Waals surface area (Å²) < 4.78 is 0. The van der Waals surface area contributed by atoms with Crippen LogP contribution < -0.4 is 0 Å². The molecule has 1 atom stereocenters. The Morgan fingerprint density at radius 2 is 2.07 bits per heavy atom. The molecule has 3 aromatic rings. The van der Waals surface area contributed by atoms with Crippen LogP contribution in [0.5, 0.6) is 0 Å². The molecule has 1 aromatic heterocycles. The number of nitrogens with zero attached hydrogens (tertiary/aromatic N) is 3. The fourth-order valence-electron chi connectivity index (χ4n) is 4.40. The number of likely N-dealkylation sites (N-methyl/N-ethyl adjacent to an activating group) is 1. The Bertz CT molecular complexity index is 962. The Kier molecular flexibility index (Phi) is 6.48. The largest absolute Gasteiger partial charge is 0.342 e. The number of carbonyl (C=O) groups is 1. The quantitative estimate of drug-likeness (QED) is 0.648. The van der Waals surface area contributed by atoms with Crippen molar-refractivity contribution in [3.8, 4) is 0 Å². The van der Waals surface area contributed by atoms with Crippen molar-refractivity contribution in [2.75, 3.05) is 26.7 Å². The van der Waals surface area contributed by atoms with Crippen LogP contribution in [0.3, 0.4) is 0 Å². The van der Waals surface area contributed by atoms with Crippen LogP contribution in [0, 0.1) is 6.92 Å². The smallest absolute Gasteiger partial charge is 0.223 e. The highest BCUT2D eigenvalue weighted by molar-refractivity contribution is 5.77. The van der Waals surface area contributed by atoms with E-state index in [1.54, 1.807) is 0 Å². The lowest BCUT2D eigenvalue weighted by atomic mass is 10.0. The number of hydrogen-bond acceptors (Lipinski definition) is 3. The molecule has 1 aliphatic rings. The highest BCUT2D eigenvalue weighted by Crippen LogP contribution is 2.18. The molecule has 1 saturated heterocycles. The zero-order chi connectivity index (χ0) is 20.9. The Morgan fingerprint density at radius 3 is 2.90 bits per heavy atom. The summed E-state index contributed by atoms with van der Waals surface area (Å²) in [6, 6.07) is 17.2. The van der Waals surface area contributed by atoms with Gasteiger partial charge in [0.15, 0.2) is 0 Å². The first-order valence-corrected chi connectivity index (χ1v) is 11.1. The number of piperidine rings is 1. The van der Waals surface area contributed by atoms with Crippen LogP contribution in [0.1, 0.15) is 36.2 Å². The van der Waals surface area contributed by atoms with Gasteiger partial charge in [-0.15, -0.1) is 0 Å². The van der Waals surface area contributed by atoms with Crippen molar-refractivity contribution in [2.45, 2.75) is 45.1 Å². The third kappa shape index (κ3) is 5.08. The highest BCUT2D eigenvalue weighted by atomic mass is 16.2. The summed E-state index contributed by atoms with van der Waals surface area (Å²) in [6.45, 7) is 4.88. The van der Waals surface area contributed by atoms with E-state index in [0.29, 0.717) is 18.9 Å². The summed E-state index contributed by atoms with van der Waals surface area (Å²) in [6.07, 6.45) is 4.47. The van der Waals surface area contributed by atoms with Gasteiger partial charge in [-0.05, 0) is 50.9 Å². The summed E-state index contributed by atoms with van der Waals surface area (Å²) in [5, 5.41) is 0. The van der Waals surface area contributed by atoms with Gasteiger partial charge in [-0.2, -0.15) is 0 Å². The molecule has 30 heavy (non-hydrogen) atoms. The van der Waals surface area contributed by atoms with Gasteiger partial charge in [-0.25, -0.2) is 4.98 Å². The summed E-state index contributed by atoms with van der Waals surface area (Å²) >= 11 is 0. The molecule has 5 heteroatoms. The molecule has 1 fully saturated rings. The van der Waals surface area contributed by atoms with Crippen LogP contribution in [0.4, 0.5) is 0 Å². The molecule has 1 amide bonds. The van der Waals surface area contributed by atoms with Crippen molar-refractivity contribution in [3.63, 3.8) is 0 Å². The second kappa shape index (κ2) is 9.43. The minimum absolute atomic E-state index is 0.243. The number of fused-ring (bicyclic) bond motifs is 1. The number of aromatic amines is 1. The van der Waals surface area contributed by atoms with Gasteiger partial charge in [0.05, 0.1) is 11.0 Å². The molecule has 4 rings (SSSR count). The number of H-pyrrole nitrogens is 1. The van der Waals surface area contributed by atoms with Crippen molar-refractivity contribution < 1.29 is 4.79 Å². The van der Waals surface area contributed by atoms with Crippen LogP contribution in [0.15, 0.2) is 48.5 Å². The molecule has 0 aliphatic carbocycles. The number of para-hydroxylation sites is 2. The van der Waals surface area contributed by atoms with Crippen molar-refractivity contribution in [1.82, 2.24) is 19.8 Å². The maximum absolute atomic E-state index is 12.8. The van der Waals surface area contributed by atoms with Crippen LogP contribution in [0.25, 0.3) is 11.0 Å². The first-order valence-electron chi connectivity index (χ1n) is 11.1. The maximum atomic E-state index is 12.8. The molecule has 0 saturated carbocycles. The van der Waals surface area contributed by atoms with Gasteiger partial charge in [-0.3, -0.25) is 4.79 Å². The number of amides is 1. The van der Waals surface area contributed by atoms with Gasteiger partial charge < -0.3 is 14.8 Å². The van der Waals surface area contributed by atoms with E-state index in [1.165, 1.54) is 11.1 Å². The topological polar surface area (TPSA) is 52.2 Å². The molecule has 158 valence electrons. The molecule has 5 nitrogen and oxygen atoms in total. The summed E-state index contributed by atoms with van der Waals surface area (Å²) in [5.41, 5.74) is 4.70. The first-order chi connectivity index (χ1) is 14.6. The minimum atomic E-state index is 0.243. The number of nitrogens with one attached hydrogen (secondary N) is 1. The van der Waals surface area contributed by atoms with Gasteiger partial charge in [-0.1, -0.05) is 42.0 Å². The van der Waals surface area contributed by atoms with Crippen molar-refractivity contribution >= 4 is 16.9 Å². The van der Waals surface area contributed by atoms with Crippen molar-refractivity contribution in [3.05, 3.63) is 65.5 Å². The number of aromatic nitrogens is 2. The van der Waals surface area contributed by atoms with Crippen molar-refractivity contribution in [1.29, 1.82) is 0 Å². The predicted molar refractivity (Wildman–Crippen MR) is 122 cm³/mol. The third-order valence-corrected chi connectivity index (χ3v) is 6.22. The lowest BCUT2D eigenvalue weighted by Crippen LogP contribution is -2.49. The van der Waals surface area contributed by atoms with E-state index in [-0.39, 0.29) is 5.91 Å². The Labute approximate surface area is 179 Å². The molecule has 1 aliphatic heterocycles. The molecule has 2 heterocycles. The molecule has 0 radical (unpaired) electrons. The van der Waals surface area contributed by atoms with Crippen molar-refractivity contribution in [2.24, 2.45) is 0 Å². The number of imidazole rings is 1. The van der Waals surface area contributed by atoms with Gasteiger partial charge in [0.2, 0.25) is 5.91 Å². The molecular formula is C25H32N4O. The average Bonchev–Trinajstić information content (AvgIpc) is 3.19. The number of hydrogen-bond donors (Lipinski definition) is 1. The van der Waals surface area contributed by atoms with Gasteiger partial charge in [0.1, 0.15) is 5.82 Å². The molecule has 1 N–H and O–H groups in total. The van der Waals surface area contributed by atoms with E-state index in [0.717, 1.165) is 55.8 Å². The van der Waals surface area contributed by atoms with E-state index in [1.807, 2.05) is 24.3 Å². The molecule has 0 spiro atoms. The zero-order valence-electron chi connectivity index (χ0n) is 18.1. The predicted octanol–water partition coefficient (Wildman–Crippen LogP) is 3.97. The van der Waals surface area contributed by atoms with Gasteiger partial charge in [0.25, 0.3) is 0 Å². The Morgan fingerprint density at radius 1 is 1.20 bits per heavy atom. The van der Waals surface area contributed by atoms with E-state index in [2.05, 4.69) is 58.0 Å². The SMILES string of the molecule is Cc1cccc(CCN(C)C2CCCN(C(=O)CCc3nc4ccccc4[nH]3)C2)c1. The number of benzene rings is 2. The van der Waals surface area contributed by atoms with E-state index in [9.17, 15) is 4.79 Å². The molecule has 1 unspecified atom stereocenters. The number of carbonyl (C=O) groups excluding carboxylic acids is 1. The number of rotatable bonds is 7. The maximum Gasteiger partial charge on any atom is 0.223 e. The van der Waals surface area contributed by atoms with Gasteiger partial charge >= 0.3 is 0 Å². The Hall–Kier alpha value is -2.66. The molecule has 2 aromatic carbocycles. The van der Waals surface area contributed by atoms with Crippen LogP contribution in [0.2, 0.25) is 0 Å². The van der Waals surface area contributed by atoms with Crippen LogP contribution in [-0.2, 0) is 17.6 Å². The third-order valence-electron chi connectivity index (χ3n) is 6.22. The zero-order valence-corrected chi connectivity index (χ0v) is 18.1. The van der Waals surface area contributed by atoms with Crippen LogP contribution >= 0.6 is 0 Å². The number of aryl methyl sites for hydroxylation is 2. The summed E-state index contributed by atoms with van der Waals surface area (Å²) in [5.74, 6) is 1.14. The van der Waals surface area contributed by atoms with Gasteiger partial charge in [0, 0.05) is 38.5 Å². The lowest BCUT2D eigenvalue weighted by Gasteiger charge is -2.37. The normalized spacial score (nSPS) is 17.0. The first kappa shape index (κ1) is 20.6. The fourth-order valence-corrected chi connectivity index (χ4v) is 4.40. The summed E-state index contributed by atoms with van der Waals surface area (Å²) in [7, 11) is 2.20.